The van der Waals surface area contributed by atoms with E-state index in [2.05, 4.69) is 11.8 Å². The van der Waals surface area contributed by atoms with Crippen LogP contribution >= 0.6 is 0 Å². The van der Waals surface area contributed by atoms with Gasteiger partial charge in [0, 0.05) is 11.5 Å². The first kappa shape index (κ1) is 8.78. The molecule has 60 valence electrons. The normalized spacial score (nSPS) is 7.62. The number of hydrogen-bond donors (Lipinski definition) is 0. The molecule has 0 atom stereocenters. The second-order valence-corrected chi connectivity index (χ2v) is 2.17. The second-order valence-electron chi connectivity index (χ2n) is 2.17. The van der Waals surface area contributed by atoms with Gasteiger partial charge in [-0.05, 0) is 18.2 Å². The predicted molar refractivity (Wildman–Crippen MR) is 43.6 cm³/mol. The van der Waals surface area contributed by atoms with Crippen molar-refractivity contribution in [2.75, 3.05) is 0 Å². The van der Waals surface area contributed by atoms with Gasteiger partial charge < -0.3 is 0 Å². The standard InChI is InChI=1S/C10H3FN2/c11-10-6-8(2-1-5-12)3-4-9(10)7-13/h3-4,6H. The molecule has 0 aliphatic rings. The monoisotopic (exact) mass is 170 g/mol. The minimum atomic E-state index is -0.618. The Bertz CT molecular complexity index is 466. The van der Waals surface area contributed by atoms with Crippen molar-refractivity contribution in [3.05, 3.63) is 35.1 Å². The topological polar surface area (TPSA) is 47.6 Å². The fraction of sp³-hybridized carbons (Fsp3) is 0. The molecule has 0 heterocycles. The van der Waals surface area contributed by atoms with Crippen molar-refractivity contribution >= 4 is 0 Å². The Morgan fingerprint density at radius 2 is 2.00 bits per heavy atom. The van der Waals surface area contributed by atoms with E-state index in [0.717, 1.165) is 6.07 Å². The van der Waals surface area contributed by atoms with Crippen LogP contribution in [0.1, 0.15) is 11.1 Å². The van der Waals surface area contributed by atoms with Crippen LogP contribution in [0.2, 0.25) is 0 Å². The van der Waals surface area contributed by atoms with Crippen LogP contribution in [-0.2, 0) is 0 Å². The smallest absolute Gasteiger partial charge is 0.152 e. The van der Waals surface area contributed by atoms with Gasteiger partial charge >= 0.3 is 0 Å². The van der Waals surface area contributed by atoms with E-state index in [9.17, 15) is 4.39 Å². The summed E-state index contributed by atoms with van der Waals surface area (Å²) in [5.41, 5.74) is 0.362. The third-order valence-electron chi connectivity index (χ3n) is 1.35. The molecule has 0 fully saturated rings. The molecule has 0 aliphatic heterocycles. The minimum absolute atomic E-state index is 0.0255. The van der Waals surface area contributed by atoms with Crippen LogP contribution in [0.25, 0.3) is 0 Å². The Morgan fingerprint density at radius 1 is 1.23 bits per heavy atom. The van der Waals surface area contributed by atoms with Crippen molar-refractivity contribution < 1.29 is 4.39 Å². The van der Waals surface area contributed by atoms with Crippen LogP contribution in [0.4, 0.5) is 4.39 Å². The predicted octanol–water partition coefficient (Wildman–Crippen LogP) is 1.57. The summed E-state index contributed by atoms with van der Waals surface area (Å²) in [6.07, 6.45) is 0. The van der Waals surface area contributed by atoms with E-state index in [1.54, 1.807) is 12.1 Å². The first-order valence-corrected chi connectivity index (χ1v) is 3.37. The van der Waals surface area contributed by atoms with Crippen molar-refractivity contribution in [3.63, 3.8) is 0 Å². The molecule has 0 spiro atoms. The summed E-state index contributed by atoms with van der Waals surface area (Å²) in [6, 6.07) is 7.26. The van der Waals surface area contributed by atoms with Gasteiger partial charge in [-0.1, -0.05) is 5.92 Å². The van der Waals surface area contributed by atoms with E-state index >= 15 is 0 Å². The Hall–Kier alpha value is -2.31. The number of nitriles is 2. The molecule has 1 rings (SSSR count). The van der Waals surface area contributed by atoms with Gasteiger partial charge in [0.25, 0.3) is 0 Å². The Morgan fingerprint density at radius 3 is 2.54 bits per heavy atom. The SMILES string of the molecule is N#CC#Cc1ccc(C#N)c(F)c1. The lowest BCUT2D eigenvalue weighted by Gasteiger charge is -1.92. The fourth-order valence-corrected chi connectivity index (χ4v) is 0.784. The summed E-state index contributed by atoms with van der Waals surface area (Å²) in [5.74, 6) is 3.94. The molecule has 1 aromatic rings. The lowest BCUT2D eigenvalue weighted by molar-refractivity contribution is 0.623. The maximum atomic E-state index is 12.9. The summed E-state index contributed by atoms with van der Waals surface area (Å²) < 4.78 is 12.9. The molecule has 0 N–H and O–H groups in total. The van der Waals surface area contributed by atoms with E-state index in [4.69, 9.17) is 10.5 Å². The highest BCUT2D eigenvalue weighted by Crippen LogP contribution is 2.07. The van der Waals surface area contributed by atoms with Crippen LogP contribution in [0.3, 0.4) is 0 Å². The van der Waals surface area contributed by atoms with Crippen LogP contribution in [-0.4, -0.2) is 0 Å². The van der Waals surface area contributed by atoms with Crippen LogP contribution in [0.5, 0.6) is 0 Å². The Labute approximate surface area is 74.8 Å². The molecule has 0 aliphatic carbocycles. The van der Waals surface area contributed by atoms with E-state index in [-0.39, 0.29) is 5.56 Å². The molecule has 0 saturated carbocycles. The van der Waals surface area contributed by atoms with Gasteiger partial charge in [-0.3, -0.25) is 0 Å². The summed E-state index contributed by atoms with van der Waals surface area (Å²) in [6.45, 7) is 0. The van der Waals surface area contributed by atoms with Crippen molar-refractivity contribution in [3.8, 4) is 24.0 Å². The van der Waals surface area contributed by atoms with Crippen molar-refractivity contribution in [2.45, 2.75) is 0 Å². The highest BCUT2D eigenvalue weighted by molar-refractivity contribution is 5.42. The largest absolute Gasteiger partial charge is 0.206 e. The number of rotatable bonds is 0. The average Bonchev–Trinajstić information content (AvgIpc) is 2.15. The van der Waals surface area contributed by atoms with E-state index in [0.29, 0.717) is 5.56 Å². The van der Waals surface area contributed by atoms with Gasteiger partial charge in [0.05, 0.1) is 5.56 Å². The molecule has 0 unspecified atom stereocenters. The molecule has 2 nitrogen and oxygen atoms in total. The quantitative estimate of drug-likeness (QED) is 0.555. The van der Waals surface area contributed by atoms with Gasteiger partial charge in [-0.2, -0.15) is 10.5 Å². The molecule has 1 aromatic carbocycles. The molecule has 0 saturated heterocycles. The van der Waals surface area contributed by atoms with Crippen LogP contribution < -0.4 is 0 Å². The number of hydrogen-bond acceptors (Lipinski definition) is 2. The lowest BCUT2D eigenvalue weighted by Crippen LogP contribution is -1.84. The minimum Gasteiger partial charge on any atom is -0.206 e. The number of nitrogens with zero attached hydrogens (tertiary/aromatic N) is 2. The van der Waals surface area contributed by atoms with Gasteiger partial charge in [-0.15, -0.1) is 0 Å². The van der Waals surface area contributed by atoms with Gasteiger partial charge in [0.15, 0.2) is 6.07 Å². The van der Waals surface area contributed by atoms with Crippen LogP contribution in [0, 0.1) is 40.3 Å². The van der Waals surface area contributed by atoms with Gasteiger partial charge in [0.1, 0.15) is 11.9 Å². The number of benzene rings is 1. The second kappa shape index (κ2) is 3.90. The zero-order valence-electron chi connectivity index (χ0n) is 6.50. The zero-order chi connectivity index (χ0) is 9.68. The lowest BCUT2D eigenvalue weighted by atomic mass is 10.1. The first-order valence-electron chi connectivity index (χ1n) is 3.37. The summed E-state index contributed by atoms with van der Waals surface area (Å²) >= 11 is 0. The van der Waals surface area contributed by atoms with E-state index < -0.39 is 5.82 Å². The third-order valence-corrected chi connectivity index (χ3v) is 1.35. The maximum absolute atomic E-state index is 12.9. The molecule has 3 heteroatoms. The van der Waals surface area contributed by atoms with E-state index in [1.807, 2.05) is 0 Å². The van der Waals surface area contributed by atoms with Crippen molar-refractivity contribution in [1.29, 1.82) is 10.5 Å². The molecular weight excluding hydrogens is 167 g/mol. The third kappa shape index (κ3) is 2.06. The fourth-order valence-electron chi connectivity index (χ4n) is 0.784. The molecule has 13 heavy (non-hydrogen) atoms. The van der Waals surface area contributed by atoms with Gasteiger partial charge in [0.2, 0.25) is 0 Å². The molecule has 0 aromatic heterocycles. The average molecular weight is 170 g/mol. The van der Waals surface area contributed by atoms with Crippen molar-refractivity contribution in [2.24, 2.45) is 0 Å². The van der Waals surface area contributed by atoms with E-state index in [1.165, 1.54) is 12.1 Å². The zero-order valence-corrected chi connectivity index (χ0v) is 6.50. The molecule has 0 radical (unpaired) electrons. The molecular formula is C10H3FN2. The molecule has 0 amide bonds. The highest BCUT2D eigenvalue weighted by Gasteiger charge is 1.99. The van der Waals surface area contributed by atoms with Gasteiger partial charge in [-0.25, -0.2) is 4.39 Å². The maximum Gasteiger partial charge on any atom is 0.152 e. The van der Waals surface area contributed by atoms with Crippen LogP contribution in [0.15, 0.2) is 18.2 Å². The molecule has 0 bridgehead atoms. The Kier molecular flexibility index (Phi) is 2.64. The highest BCUT2D eigenvalue weighted by atomic mass is 19.1. The first-order chi connectivity index (χ1) is 6.27. The Balaban J connectivity index is 3.13. The summed E-state index contributed by atoms with van der Waals surface area (Å²) in [4.78, 5) is 0. The number of halogens is 1. The summed E-state index contributed by atoms with van der Waals surface area (Å²) in [5, 5.41) is 16.5. The van der Waals surface area contributed by atoms with Crippen molar-refractivity contribution in [1.82, 2.24) is 0 Å². The summed E-state index contributed by atoms with van der Waals surface area (Å²) in [7, 11) is 0.